The minimum Gasteiger partial charge on any atom is -0.303 e. The van der Waals surface area contributed by atoms with Gasteiger partial charge in [-0.2, -0.15) is 11.8 Å². The first-order valence-electron chi connectivity index (χ1n) is 8.20. The number of hydrogen-bond donors (Lipinski definition) is 0. The second-order valence-electron chi connectivity index (χ2n) is 6.16. The molecule has 0 fully saturated rings. The highest BCUT2D eigenvalue weighted by Crippen LogP contribution is 2.28. The number of hydrogen-bond acceptors (Lipinski definition) is 2. The molecule has 0 spiro atoms. The van der Waals surface area contributed by atoms with Gasteiger partial charge in [-0.25, -0.2) is 0 Å². The first kappa shape index (κ1) is 19.0. The van der Waals surface area contributed by atoms with Crippen molar-refractivity contribution < 1.29 is 4.79 Å². The van der Waals surface area contributed by atoms with Gasteiger partial charge >= 0.3 is 0 Å². The molecule has 0 atom stereocenters. The van der Waals surface area contributed by atoms with Crippen LogP contribution in [0.15, 0.2) is 0 Å². The maximum absolute atomic E-state index is 10.5. The van der Waals surface area contributed by atoms with Gasteiger partial charge < -0.3 is 4.79 Å². The highest BCUT2D eigenvalue weighted by Gasteiger charge is 2.16. The largest absolute Gasteiger partial charge is 0.303 e. The summed E-state index contributed by atoms with van der Waals surface area (Å²) in [5.41, 5.74) is 0. The summed E-state index contributed by atoms with van der Waals surface area (Å²) >= 11 is 1.95. The first-order chi connectivity index (χ1) is 9.12. The van der Waals surface area contributed by atoms with Crippen LogP contribution in [-0.2, 0) is 4.79 Å². The number of carbonyl (C=O) groups is 1. The van der Waals surface area contributed by atoms with E-state index in [9.17, 15) is 4.79 Å². The summed E-state index contributed by atoms with van der Waals surface area (Å²) in [6, 6.07) is 0. The van der Waals surface area contributed by atoms with Gasteiger partial charge in [0.05, 0.1) is 0 Å². The Hall–Kier alpha value is 0.0200. The number of rotatable bonds is 14. The van der Waals surface area contributed by atoms with Gasteiger partial charge in [0, 0.05) is 11.2 Å². The van der Waals surface area contributed by atoms with Crippen molar-refractivity contribution in [3.63, 3.8) is 0 Å². The molecule has 0 bridgehead atoms. The van der Waals surface area contributed by atoms with Crippen LogP contribution in [0.3, 0.4) is 0 Å². The van der Waals surface area contributed by atoms with Crippen LogP contribution in [0.25, 0.3) is 0 Å². The Morgan fingerprint density at radius 3 is 1.79 bits per heavy atom. The van der Waals surface area contributed by atoms with Crippen molar-refractivity contribution in [1.29, 1.82) is 0 Å². The van der Waals surface area contributed by atoms with E-state index in [1.807, 2.05) is 11.8 Å². The lowest BCUT2D eigenvalue weighted by atomic mass is 10.1. The highest BCUT2D eigenvalue weighted by atomic mass is 32.2. The fraction of sp³-hybridized carbons (Fsp3) is 0.941. The molecule has 0 radical (unpaired) electrons. The van der Waals surface area contributed by atoms with E-state index < -0.39 is 0 Å². The van der Waals surface area contributed by atoms with Gasteiger partial charge in [-0.1, -0.05) is 78.6 Å². The van der Waals surface area contributed by atoms with Crippen LogP contribution in [0, 0.1) is 0 Å². The zero-order valence-corrected chi connectivity index (χ0v) is 14.2. The smallest absolute Gasteiger partial charge is 0.121 e. The zero-order valence-electron chi connectivity index (χ0n) is 13.4. The van der Waals surface area contributed by atoms with E-state index >= 15 is 0 Å². The van der Waals surface area contributed by atoms with Gasteiger partial charge in [0.15, 0.2) is 0 Å². The molecule has 0 aliphatic carbocycles. The summed E-state index contributed by atoms with van der Waals surface area (Å²) in [5, 5.41) is 0. The Bertz CT molecular complexity index is 201. The van der Waals surface area contributed by atoms with Gasteiger partial charge in [-0.15, -0.1) is 0 Å². The number of unbranched alkanes of at least 4 members (excludes halogenated alkanes) is 9. The average molecular weight is 287 g/mol. The number of thioether (sulfide) groups is 1. The maximum atomic E-state index is 10.5. The topological polar surface area (TPSA) is 17.1 Å². The third-order valence-electron chi connectivity index (χ3n) is 3.57. The molecule has 0 amide bonds. The molecular formula is C17H34OS. The van der Waals surface area contributed by atoms with Crippen molar-refractivity contribution >= 4 is 18.0 Å². The van der Waals surface area contributed by atoms with E-state index in [1.165, 1.54) is 70.0 Å². The quantitative estimate of drug-likeness (QED) is 0.287. The van der Waals surface area contributed by atoms with Crippen molar-refractivity contribution in [3.05, 3.63) is 0 Å². The van der Waals surface area contributed by atoms with Gasteiger partial charge in [0.1, 0.15) is 6.29 Å². The molecule has 0 aliphatic heterocycles. The predicted molar refractivity (Wildman–Crippen MR) is 89.1 cm³/mol. The van der Waals surface area contributed by atoms with E-state index in [0.717, 1.165) is 6.29 Å². The fourth-order valence-corrected chi connectivity index (χ4v) is 3.28. The van der Waals surface area contributed by atoms with Crippen LogP contribution in [0.2, 0.25) is 0 Å². The number of carbonyl (C=O) groups excluding carboxylic acids is 1. The van der Waals surface area contributed by atoms with Crippen molar-refractivity contribution in [2.45, 2.75) is 96.1 Å². The number of aldehydes is 1. The van der Waals surface area contributed by atoms with Crippen LogP contribution in [0.4, 0.5) is 0 Å². The first-order valence-corrected chi connectivity index (χ1v) is 9.18. The Kier molecular flexibility index (Phi) is 13.0. The molecule has 2 heteroatoms. The van der Waals surface area contributed by atoms with Crippen LogP contribution >= 0.6 is 11.8 Å². The standard InChI is InChI=1S/C17H34OS/c1-4-5-6-7-8-9-10-11-12-13-16-19-17(2,3)14-15-18/h15H,4-14,16H2,1-3H3. The van der Waals surface area contributed by atoms with E-state index in [0.29, 0.717) is 6.42 Å². The molecule has 1 nitrogen and oxygen atoms in total. The Balaban J connectivity index is 3.16. The molecule has 114 valence electrons. The predicted octanol–water partition coefficient (Wildman–Crippen LogP) is 6.01. The molecule has 0 aromatic heterocycles. The molecule has 0 saturated carbocycles. The normalized spacial score (nSPS) is 11.7. The molecule has 0 aliphatic rings. The van der Waals surface area contributed by atoms with Crippen molar-refractivity contribution in [2.75, 3.05) is 5.75 Å². The monoisotopic (exact) mass is 286 g/mol. The van der Waals surface area contributed by atoms with E-state index in [1.54, 1.807) is 0 Å². The zero-order chi connectivity index (χ0) is 14.4. The van der Waals surface area contributed by atoms with Gasteiger partial charge in [-0.05, 0) is 12.2 Å². The molecule has 0 aromatic carbocycles. The Morgan fingerprint density at radius 2 is 1.32 bits per heavy atom. The third-order valence-corrected chi connectivity index (χ3v) is 5.01. The average Bonchev–Trinajstić information content (AvgIpc) is 2.36. The summed E-state index contributed by atoms with van der Waals surface area (Å²) in [6.45, 7) is 6.61. The lowest BCUT2D eigenvalue weighted by Gasteiger charge is -2.20. The van der Waals surface area contributed by atoms with Crippen LogP contribution in [0.1, 0.15) is 91.4 Å². The Labute approximate surface area is 125 Å². The second kappa shape index (κ2) is 13.0. The van der Waals surface area contributed by atoms with Crippen molar-refractivity contribution in [1.82, 2.24) is 0 Å². The van der Waals surface area contributed by atoms with Crippen LogP contribution in [0.5, 0.6) is 0 Å². The van der Waals surface area contributed by atoms with E-state index in [-0.39, 0.29) is 4.75 Å². The van der Waals surface area contributed by atoms with E-state index in [2.05, 4.69) is 20.8 Å². The minimum atomic E-state index is 0.140. The summed E-state index contributed by atoms with van der Waals surface area (Å²) in [7, 11) is 0. The molecule has 0 saturated heterocycles. The van der Waals surface area contributed by atoms with Gasteiger partial charge in [-0.3, -0.25) is 0 Å². The molecule has 0 heterocycles. The SMILES string of the molecule is CCCCCCCCCCCCSC(C)(C)CC=O. The lowest BCUT2D eigenvalue weighted by Crippen LogP contribution is -2.15. The van der Waals surface area contributed by atoms with Crippen LogP contribution < -0.4 is 0 Å². The summed E-state index contributed by atoms with van der Waals surface area (Å²) in [6.07, 6.45) is 15.7. The third kappa shape index (κ3) is 14.2. The van der Waals surface area contributed by atoms with Gasteiger partial charge in [0.25, 0.3) is 0 Å². The van der Waals surface area contributed by atoms with Crippen LogP contribution in [-0.4, -0.2) is 16.8 Å². The summed E-state index contributed by atoms with van der Waals surface area (Å²) in [4.78, 5) is 10.5. The summed E-state index contributed by atoms with van der Waals surface area (Å²) < 4.78 is 0.140. The molecule has 0 unspecified atom stereocenters. The van der Waals surface area contributed by atoms with Crippen molar-refractivity contribution in [3.8, 4) is 0 Å². The lowest BCUT2D eigenvalue weighted by molar-refractivity contribution is -0.108. The minimum absolute atomic E-state index is 0.140. The van der Waals surface area contributed by atoms with E-state index in [4.69, 9.17) is 0 Å². The highest BCUT2D eigenvalue weighted by molar-refractivity contribution is 8.00. The molecular weight excluding hydrogens is 252 g/mol. The summed E-state index contributed by atoms with van der Waals surface area (Å²) in [5.74, 6) is 1.21. The second-order valence-corrected chi connectivity index (χ2v) is 7.96. The van der Waals surface area contributed by atoms with Gasteiger partial charge in [0.2, 0.25) is 0 Å². The maximum Gasteiger partial charge on any atom is 0.121 e. The Morgan fingerprint density at radius 1 is 0.842 bits per heavy atom. The molecule has 0 rings (SSSR count). The molecule has 19 heavy (non-hydrogen) atoms. The fourth-order valence-electron chi connectivity index (χ4n) is 2.20. The molecule has 0 N–H and O–H groups in total. The molecule has 0 aromatic rings. The van der Waals surface area contributed by atoms with Crippen molar-refractivity contribution in [2.24, 2.45) is 0 Å².